The molecule has 4 aromatic carbocycles. The van der Waals surface area contributed by atoms with E-state index in [0.717, 1.165) is 21.0 Å². The topological polar surface area (TPSA) is 96.0 Å². The Morgan fingerprint density at radius 3 is 2.24 bits per heavy atom. The van der Waals surface area contributed by atoms with E-state index in [-0.39, 0.29) is 29.5 Å². The first-order valence-electron chi connectivity index (χ1n) is 14.7. The summed E-state index contributed by atoms with van der Waals surface area (Å²) in [6.45, 7) is 3.72. The number of aryl methyl sites for hydroxylation is 1. The molecule has 1 atom stereocenters. The maximum atomic E-state index is 14.5. The quantitative estimate of drug-likeness (QED) is 0.181. The number of carbonyl (C=O) groups excluding carboxylic acids is 2. The fraction of sp³-hybridized carbons (Fsp3) is 0.257. The molecule has 0 radical (unpaired) electrons. The van der Waals surface area contributed by atoms with E-state index in [9.17, 15) is 18.0 Å². The van der Waals surface area contributed by atoms with E-state index in [4.69, 9.17) is 16.3 Å². The van der Waals surface area contributed by atoms with Gasteiger partial charge in [0.2, 0.25) is 11.8 Å². The minimum absolute atomic E-state index is 0.0294. The molecule has 0 unspecified atom stereocenters. The Morgan fingerprint density at radius 1 is 0.889 bits per heavy atom. The van der Waals surface area contributed by atoms with Crippen LogP contribution in [0.3, 0.4) is 0 Å². The molecule has 45 heavy (non-hydrogen) atoms. The molecule has 0 saturated heterocycles. The number of nitrogens with one attached hydrogen (secondary N) is 1. The van der Waals surface area contributed by atoms with Crippen LogP contribution in [0.1, 0.15) is 30.0 Å². The molecular formula is C35H38ClN3O5S. The Hall–Kier alpha value is -4.34. The van der Waals surface area contributed by atoms with Gasteiger partial charge in [-0.25, -0.2) is 8.42 Å². The molecule has 4 rings (SSSR count). The molecule has 0 aliphatic carbocycles. The number of hydrogen-bond donors (Lipinski definition) is 1. The standard InChI is InChI=1S/C35H38ClN3O5S/c1-4-20-37-35(41)33(22-27-10-6-5-7-11-27)38(24-28-12-8-15-31(21-28)44-3)34(40)25-39(30-14-9-13-29(36)23-30)45(42,43)32-18-16-26(2)17-19-32/h5-19,21,23,33H,4,20,22,24-25H2,1-3H3,(H,37,41)/t33-/m0/s1. The fourth-order valence-corrected chi connectivity index (χ4v) is 6.48. The molecule has 0 spiro atoms. The third-order valence-electron chi connectivity index (χ3n) is 7.29. The largest absolute Gasteiger partial charge is 0.497 e. The lowest BCUT2D eigenvalue weighted by Crippen LogP contribution is -2.53. The summed E-state index contributed by atoms with van der Waals surface area (Å²) in [4.78, 5) is 29.7. The molecule has 0 aromatic heterocycles. The maximum Gasteiger partial charge on any atom is 0.264 e. The van der Waals surface area contributed by atoms with Crippen molar-refractivity contribution in [2.75, 3.05) is 24.5 Å². The van der Waals surface area contributed by atoms with Gasteiger partial charge in [-0.1, -0.05) is 84.8 Å². The van der Waals surface area contributed by atoms with Crippen LogP contribution in [-0.4, -0.2) is 51.4 Å². The van der Waals surface area contributed by atoms with Crippen molar-refractivity contribution in [1.82, 2.24) is 10.2 Å². The van der Waals surface area contributed by atoms with Crippen molar-refractivity contribution < 1.29 is 22.7 Å². The highest BCUT2D eigenvalue weighted by Gasteiger charge is 2.34. The van der Waals surface area contributed by atoms with Crippen molar-refractivity contribution in [3.8, 4) is 5.75 Å². The van der Waals surface area contributed by atoms with Gasteiger partial charge in [0, 0.05) is 24.5 Å². The van der Waals surface area contributed by atoms with Gasteiger partial charge in [-0.3, -0.25) is 13.9 Å². The summed E-state index contributed by atoms with van der Waals surface area (Å²) in [5, 5.41) is 3.26. The van der Waals surface area contributed by atoms with Gasteiger partial charge >= 0.3 is 0 Å². The van der Waals surface area contributed by atoms with Gasteiger partial charge in [0.1, 0.15) is 18.3 Å². The number of ether oxygens (including phenoxy) is 1. The van der Waals surface area contributed by atoms with E-state index >= 15 is 0 Å². The minimum Gasteiger partial charge on any atom is -0.497 e. The second-order valence-electron chi connectivity index (χ2n) is 10.7. The number of rotatable bonds is 14. The lowest BCUT2D eigenvalue weighted by molar-refractivity contribution is -0.140. The predicted octanol–water partition coefficient (Wildman–Crippen LogP) is 6.02. The summed E-state index contributed by atoms with van der Waals surface area (Å²) in [5.41, 5.74) is 2.70. The normalized spacial score (nSPS) is 11.8. The monoisotopic (exact) mass is 647 g/mol. The Morgan fingerprint density at radius 2 is 1.58 bits per heavy atom. The zero-order valence-electron chi connectivity index (χ0n) is 25.6. The van der Waals surface area contributed by atoms with Crippen molar-refractivity contribution in [3.63, 3.8) is 0 Å². The van der Waals surface area contributed by atoms with Crippen molar-refractivity contribution >= 4 is 39.1 Å². The highest BCUT2D eigenvalue weighted by atomic mass is 35.5. The number of halogens is 1. The van der Waals surface area contributed by atoms with E-state index < -0.39 is 28.5 Å². The van der Waals surface area contributed by atoms with Crippen LogP contribution in [0.2, 0.25) is 5.02 Å². The summed E-state index contributed by atoms with van der Waals surface area (Å²) >= 11 is 6.29. The van der Waals surface area contributed by atoms with E-state index in [0.29, 0.717) is 23.7 Å². The first-order valence-corrected chi connectivity index (χ1v) is 16.5. The van der Waals surface area contributed by atoms with E-state index in [1.165, 1.54) is 23.1 Å². The molecular weight excluding hydrogens is 610 g/mol. The van der Waals surface area contributed by atoms with E-state index in [1.54, 1.807) is 55.6 Å². The van der Waals surface area contributed by atoms with E-state index in [2.05, 4.69) is 5.32 Å². The Bertz CT molecular complexity index is 1700. The summed E-state index contributed by atoms with van der Waals surface area (Å²) < 4.78 is 34.7. The molecule has 0 aliphatic rings. The van der Waals surface area contributed by atoms with Gasteiger partial charge in [0.25, 0.3) is 10.0 Å². The molecule has 0 aliphatic heterocycles. The zero-order valence-corrected chi connectivity index (χ0v) is 27.2. The molecule has 10 heteroatoms. The molecule has 0 heterocycles. The Kier molecular flexibility index (Phi) is 11.6. The number of carbonyl (C=O) groups is 2. The third kappa shape index (κ3) is 8.86. The highest BCUT2D eigenvalue weighted by molar-refractivity contribution is 7.92. The molecule has 1 N–H and O–H groups in total. The first kappa shape index (κ1) is 33.6. The summed E-state index contributed by atoms with van der Waals surface area (Å²) in [6, 6.07) is 28.5. The van der Waals surface area contributed by atoms with Crippen LogP contribution in [0.5, 0.6) is 5.75 Å². The van der Waals surface area contributed by atoms with Gasteiger partial charge in [0.05, 0.1) is 17.7 Å². The van der Waals surface area contributed by atoms with Gasteiger partial charge in [-0.05, 0) is 66.9 Å². The van der Waals surface area contributed by atoms with Crippen LogP contribution in [0, 0.1) is 6.92 Å². The summed E-state index contributed by atoms with van der Waals surface area (Å²) in [6.07, 6.45) is 0.943. The average molecular weight is 648 g/mol. The lowest BCUT2D eigenvalue weighted by atomic mass is 10.0. The first-order chi connectivity index (χ1) is 21.6. The second-order valence-corrected chi connectivity index (χ2v) is 13.0. The van der Waals surface area contributed by atoms with Crippen molar-refractivity contribution in [2.45, 2.75) is 44.2 Å². The van der Waals surface area contributed by atoms with Crippen molar-refractivity contribution in [3.05, 3.63) is 125 Å². The van der Waals surface area contributed by atoms with E-state index in [1.807, 2.05) is 50.2 Å². The Labute approximate surface area is 270 Å². The molecule has 0 fully saturated rings. The van der Waals surface area contributed by atoms with Crippen LogP contribution in [0.15, 0.2) is 108 Å². The molecule has 236 valence electrons. The smallest absolute Gasteiger partial charge is 0.264 e. The number of hydrogen-bond acceptors (Lipinski definition) is 5. The number of amides is 2. The van der Waals surface area contributed by atoms with Crippen LogP contribution < -0.4 is 14.4 Å². The zero-order chi connectivity index (χ0) is 32.4. The van der Waals surface area contributed by atoms with Crippen LogP contribution >= 0.6 is 11.6 Å². The second kappa shape index (κ2) is 15.6. The number of anilines is 1. The predicted molar refractivity (Wildman–Crippen MR) is 178 cm³/mol. The molecule has 8 nitrogen and oxygen atoms in total. The molecule has 0 bridgehead atoms. The van der Waals surface area contributed by atoms with Crippen LogP contribution in [-0.2, 0) is 32.6 Å². The highest BCUT2D eigenvalue weighted by Crippen LogP contribution is 2.27. The molecule has 4 aromatic rings. The third-order valence-corrected chi connectivity index (χ3v) is 9.31. The Balaban J connectivity index is 1.80. The maximum absolute atomic E-state index is 14.5. The summed E-state index contributed by atoms with van der Waals surface area (Å²) in [5.74, 6) is -0.286. The minimum atomic E-state index is -4.21. The lowest BCUT2D eigenvalue weighted by Gasteiger charge is -2.34. The number of sulfonamides is 1. The van der Waals surface area contributed by atoms with Crippen molar-refractivity contribution in [1.29, 1.82) is 0 Å². The van der Waals surface area contributed by atoms with Crippen molar-refractivity contribution in [2.24, 2.45) is 0 Å². The van der Waals surface area contributed by atoms with Gasteiger partial charge in [-0.15, -0.1) is 0 Å². The number of benzene rings is 4. The number of methoxy groups -OCH3 is 1. The van der Waals surface area contributed by atoms with Crippen LogP contribution in [0.25, 0.3) is 0 Å². The fourth-order valence-electron chi connectivity index (χ4n) is 4.88. The molecule has 2 amide bonds. The average Bonchev–Trinajstić information content (AvgIpc) is 3.04. The molecule has 0 saturated carbocycles. The van der Waals surface area contributed by atoms with Gasteiger partial charge in [-0.2, -0.15) is 0 Å². The van der Waals surface area contributed by atoms with Crippen LogP contribution in [0.4, 0.5) is 5.69 Å². The number of nitrogens with zero attached hydrogens (tertiary/aromatic N) is 2. The van der Waals surface area contributed by atoms with Gasteiger partial charge < -0.3 is 15.0 Å². The van der Waals surface area contributed by atoms with Gasteiger partial charge in [0.15, 0.2) is 0 Å². The summed E-state index contributed by atoms with van der Waals surface area (Å²) in [7, 11) is -2.66. The SMILES string of the molecule is CCCNC(=O)[C@H](Cc1ccccc1)N(Cc1cccc(OC)c1)C(=O)CN(c1cccc(Cl)c1)S(=O)(=O)c1ccc(C)cc1.